The second-order valence-corrected chi connectivity index (χ2v) is 5.17. The summed E-state index contributed by atoms with van der Waals surface area (Å²) < 4.78 is 0. The first kappa shape index (κ1) is 15.8. The highest BCUT2D eigenvalue weighted by molar-refractivity contribution is 6.30. The van der Waals surface area contributed by atoms with Crippen molar-refractivity contribution in [3.63, 3.8) is 0 Å². The first-order valence-corrected chi connectivity index (χ1v) is 6.82. The Morgan fingerprint density at radius 3 is 2.32 bits per heavy atom. The Bertz CT molecular complexity index is 774. The van der Waals surface area contributed by atoms with Crippen molar-refractivity contribution in [1.29, 1.82) is 0 Å². The molecule has 0 unspecified atom stereocenters. The standard InChI is InChI=1S/C15H15ClN4O2/c1-7-4-3-5-9(14(17)21)11(7)20-12-8(2)13(16)19-6-10(12)15(18)22/h3-6H,1-2H3,(H2,17,21)(H2,18,22)(H,19,20). The second-order valence-electron chi connectivity index (χ2n) is 4.81. The number of para-hydroxylation sites is 1. The molecule has 2 amide bonds. The maximum atomic E-state index is 11.6. The third-order valence-electron chi connectivity index (χ3n) is 3.31. The third kappa shape index (κ3) is 2.87. The zero-order chi connectivity index (χ0) is 16.4. The third-order valence-corrected chi connectivity index (χ3v) is 3.70. The lowest BCUT2D eigenvalue weighted by Gasteiger charge is -2.17. The van der Waals surface area contributed by atoms with Crippen LogP contribution < -0.4 is 16.8 Å². The molecule has 1 aromatic carbocycles. The van der Waals surface area contributed by atoms with Gasteiger partial charge in [0.25, 0.3) is 11.8 Å². The van der Waals surface area contributed by atoms with Gasteiger partial charge in [-0.15, -0.1) is 0 Å². The molecular formula is C15H15ClN4O2. The summed E-state index contributed by atoms with van der Waals surface area (Å²) in [5.41, 5.74) is 13.5. The van der Waals surface area contributed by atoms with Crippen LogP contribution in [0, 0.1) is 13.8 Å². The number of aromatic nitrogens is 1. The molecular weight excluding hydrogens is 304 g/mol. The molecule has 0 aliphatic carbocycles. The summed E-state index contributed by atoms with van der Waals surface area (Å²) in [5.74, 6) is -1.23. The van der Waals surface area contributed by atoms with Crippen molar-refractivity contribution in [3.05, 3.63) is 51.8 Å². The molecule has 0 spiro atoms. The van der Waals surface area contributed by atoms with Crippen molar-refractivity contribution in [2.24, 2.45) is 11.5 Å². The van der Waals surface area contributed by atoms with Gasteiger partial charge in [0.1, 0.15) is 5.15 Å². The Labute approximate surface area is 132 Å². The van der Waals surface area contributed by atoms with Crippen LogP contribution >= 0.6 is 11.6 Å². The Kier molecular flexibility index (Phi) is 4.32. The molecule has 6 nitrogen and oxygen atoms in total. The van der Waals surface area contributed by atoms with Crippen LogP contribution in [0.2, 0.25) is 5.15 Å². The molecule has 0 radical (unpaired) electrons. The Morgan fingerprint density at radius 2 is 1.73 bits per heavy atom. The number of primary amides is 2. The predicted molar refractivity (Wildman–Crippen MR) is 85.5 cm³/mol. The van der Waals surface area contributed by atoms with E-state index >= 15 is 0 Å². The van der Waals surface area contributed by atoms with Crippen LogP contribution in [0.1, 0.15) is 31.8 Å². The van der Waals surface area contributed by atoms with E-state index in [4.69, 9.17) is 23.1 Å². The highest BCUT2D eigenvalue weighted by Crippen LogP contribution is 2.31. The molecule has 0 atom stereocenters. The van der Waals surface area contributed by atoms with Gasteiger partial charge in [0, 0.05) is 11.8 Å². The Hall–Kier alpha value is -2.60. The number of nitrogens with zero attached hydrogens (tertiary/aromatic N) is 1. The summed E-state index contributed by atoms with van der Waals surface area (Å²) in [6.45, 7) is 3.52. The molecule has 114 valence electrons. The summed E-state index contributed by atoms with van der Waals surface area (Å²) in [6, 6.07) is 5.14. The number of hydrogen-bond acceptors (Lipinski definition) is 4. The fraction of sp³-hybridized carbons (Fsp3) is 0.133. The number of carbonyl (C=O) groups is 2. The van der Waals surface area contributed by atoms with Crippen molar-refractivity contribution < 1.29 is 9.59 Å². The largest absolute Gasteiger partial charge is 0.366 e. The number of hydrogen-bond donors (Lipinski definition) is 3. The van der Waals surface area contributed by atoms with Crippen LogP contribution in [0.25, 0.3) is 0 Å². The minimum Gasteiger partial charge on any atom is -0.366 e. The van der Waals surface area contributed by atoms with Crippen molar-refractivity contribution in [2.45, 2.75) is 13.8 Å². The lowest BCUT2D eigenvalue weighted by Crippen LogP contribution is -2.17. The van der Waals surface area contributed by atoms with E-state index in [1.807, 2.05) is 13.0 Å². The molecule has 0 saturated carbocycles. The normalized spacial score (nSPS) is 10.3. The van der Waals surface area contributed by atoms with Crippen molar-refractivity contribution in [1.82, 2.24) is 4.98 Å². The molecule has 0 aliphatic heterocycles. The van der Waals surface area contributed by atoms with Gasteiger partial charge < -0.3 is 16.8 Å². The number of rotatable bonds is 4. The maximum Gasteiger partial charge on any atom is 0.252 e. The van der Waals surface area contributed by atoms with Gasteiger partial charge in [0.2, 0.25) is 0 Å². The van der Waals surface area contributed by atoms with E-state index in [2.05, 4.69) is 10.3 Å². The molecule has 5 N–H and O–H groups in total. The molecule has 7 heteroatoms. The fourth-order valence-corrected chi connectivity index (χ4v) is 2.24. The fourth-order valence-electron chi connectivity index (χ4n) is 2.10. The molecule has 2 aromatic rings. The van der Waals surface area contributed by atoms with Crippen LogP contribution in [0.3, 0.4) is 0 Å². The monoisotopic (exact) mass is 318 g/mol. The second kappa shape index (κ2) is 6.03. The number of anilines is 2. The lowest BCUT2D eigenvalue weighted by molar-refractivity contribution is 0.0993. The van der Waals surface area contributed by atoms with E-state index < -0.39 is 11.8 Å². The highest BCUT2D eigenvalue weighted by Gasteiger charge is 2.18. The van der Waals surface area contributed by atoms with E-state index in [1.54, 1.807) is 19.1 Å². The van der Waals surface area contributed by atoms with E-state index in [1.165, 1.54) is 6.20 Å². The molecule has 1 heterocycles. The first-order valence-electron chi connectivity index (χ1n) is 6.44. The van der Waals surface area contributed by atoms with Gasteiger partial charge in [-0.25, -0.2) is 4.98 Å². The SMILES string of the molecule is Cc1cccc(C(N)=O)c1Nc1c(C(N)=O)cnc(Cl)c1C. The maximum absolute atomic E-state index is 11.6. The van der Waals surface area contributed by atoms with Crippen LogP contribution in [0.15, 0.2) is 24.4 Å². The molecule has 0 aliphatic rings. The summed E-state index contributed by atoms with van der Waals surface area (Å²) in [5, 5.41) is 3.29. The minimum atomic E-state index is -0.649. The Balaban J connectivity index is 2.64. The number of aryl methyl sites for hydroxylation is 1. The van der Waals surface area contributed by atoms with Gasteiger partial charge in [-0.1, -0.05) is 23.7 Å². The average Bonchev–Trinajstić information content (AvgIpc) is 2.45. The van der Waals surface area contributed by atoms with Gasteiger partial charge in [0.15, 0.2) is 0 Å². The summed E-state index contributed by atoms with van der Waals surface area (Å²) >= 11 is 6.00. The minimum absolute atomic E-state index is 0.181. The first-order chi connectivity index (χ1) is 10.3. The average molecular weight is 319 g/mol. The van der Waals surface area contributed by atoms with Crippen LogP contribution in [0.4, 0.5) is 11.4 Å². The van der Waals surface area contributed by atoms with E-state index in [0.29, 0.717) is 22.5 Å². The number of nitrogens with one attached hydrogen (secondary N) is 1. The number of halogens is 1. The smallest absolute Gasteiger partial charge is 0.252 e. The van der Waals surface area contributed by atoms with E-state index in [-0.39, 0.29) is 10.7 Å². The molecule has 0 fully saturated rings. The molecule has 0 bridgehead atoms. The van der Waals surface area contributed by atoms with Gasteiger partial charge in [-0.3, -0.25) is 9.59 Å². The zero-order valence-corrected chi connectivity index (χ0v) is 12.9. The van der Waals surface area contributed by atoms with Crippen LogP contribution in [-0.4, -0.2) is 16.8 Å². The number of benzene rings is 1. The van der Waals surface area contributed by atoms with Crippen LogP contribution in [0.5, 0.6) is 0 Å². The molecule has 1 aromatic heterocycles. The lowest BCUT2D eigenvalue weighted by atomic mass is 10.1. The number of pyridine rings is 1. The molecule has 0 saturated heterocycles. The summed E-state index contributed by atoms with van der Waals surface area (Å²) in [6.07, 6.45) is 1.29. The topological polar surface area (TPSA) is 111 Å². The van der Waals surface area contributed by atoms with Gasteiger partial charge in [-0.05, 0) is 25.5 Å². The van der Waals surface area contributed by atoms with Crippen molar-refractivity contribution >= 4 is 34.8 Å². The molecule has 2 rings (SSSR count). The van der Waals surface area contributed by atoms with Gasteiger partial charge >= 0.3 is 0 Å². The van der Waals surface area contributed by atoms with Crippen molar-refractivity contribution in [3.8, 4) is 0 Å². The van der Waals surface area contributed by atoms with Crippen LogP contribution in [-0.2, 0) is 0 Å². The summed E-state index contributed by atoms with van der Waals surface area (Å²) in [4.78, 5) is 27.1. The molecule has 22 heavy (non-hydrogen) atoms. The number of amides is 2. The predicted octanol–water partition coefficient (Wildman–Crippen LogP) is 2.29. The van der Waals surface area contributed by atoms with E-state index in [0.717, 1.165) is 5.56 Å². The van der Waals surface area contributed by atoms with Gasteiger partial charge in [-0.2, -0.15) is 0 Å². The summed E-state index contributed by atoms with van der Waals surface area (Å²) in [7, 11) is 0. The number of nitrogens with two attached hydrogens (primary N) is 2. The quantitative estimate of drug-likeness (QED) is 0.751. The zero-order valence-electron chi connectivity index (χ0n) is 12.1. The van der Waals surface area contributed by atoms with E-state index in [9.17, 15) is 9.59 Å². The van der Waals surface area contributed by atoms with Gasteiger partial charge in [0.05, 0.1) is 22.5 Å². The Morgan fingerprint density at radius 1 is 1.09 bits per heavy atom. The highest BCUT2D eigenvalue weighted by atomic mass is 35.5. The number of carbonyl (C=O) groups excluding carboxylic acids is 2. The van der Waals surface area contributed by atoms with Crippen molar-refractivity contribution in [2.75, 3.05) is 5.32 Å².